The molecule has 3 aromatic carbocycles. The van der Waals surface area contributed by atoms with Crippen LogP contribution in [0.1, 0.15) is 39.2 Å². The van der Waals surface area contributed by atoms with Crippen LogP contribution in [-0.2, 0) is 38.8 Å². The zero-order chi connectivity index (χ0) is 25.3. The lowest BCUT2D eigenvalue weighted by Crippen LogP contribution is -2.37. The van der Waals surface area contributed by atoms with Crippen molar-refractivity contribution in [3.8, 4) is 0 Å². The van der Waals surface area contributed by atoms with E-state index in [1.54, 1.807) is 0 Å². The molecular formula is C30H29NO6. The molecule has 37 heavy (non-hydrogen) atoms. The van der Waals surface area contributed by atoms with E-state index in [1.165, 1.54) is 6.26 Å². The summed E-state index contributed by atoms with van der Waals surface area (Å²) in [6, 6.07) is 29.9. The molecule has 0 aliphatic carbocycles. The van der Waals surface area contributed by atoms with Gasteiger partial charge in [-0.3, -0.25) is 4.79 Å². The first kappa shape index (κ1) is 25.0. The normalized spacial score (nSPS) is 21.2. The summed E-state index contributed by atoms with van der Waals surface area (Å²) in [5.74, 6) is -0.00839. The molecule has 5 rings (SSSR count). The number of aldehydes is 1. The number of benzene rings is 3. The van der Waals surface area contributed by atoms with E-state index in [0.29, 0.717) is 38.4 Å². The summed E-state index contributed by atoms with van der Waals surface area (Å²) in [5.41, 5.74) is 3.63. The van der Waals surface area contributed by atoms with Crippen molar-refractivity contribution in [2.24, 2.45) is 0 Å². The third-order valence-electron chi connectivity index (χ3n) is 6.21. The Bertz CT molecular complexity index is 1230. The molecule has 0 amide bonds. The second-order valence-corrected chi connectivity index (χ2v) is 8.85. The first-order chi connectivity index (χ1) is 18.3. The van der Waals surface area contributed by atoms with Crippen molar-refractivity contribution in [3.05, 3.63) is 126 Å². The van der Waals surface area contributed by atoms with Gasteiger partial charge in [0.05, 0.1) is 26.4 Å². The molecule has 2 heterocycles. The van der Waals surface area contributed by atoms with E-state index in [0.717, 1.165) is 16.7 Å². The molecule has 0 spiro atoms. The zero-order valence-corrected chi connectivity index (χ0v) is 20.3. The number of hydrogen-bond acceptors (Lipinski definition) is 7. The molecule has 4 aromatic rings. The third kappa shape index (κ3) is 6.58. The Kier molecular flexibility index (Phi) is 8.50. The van der Waals surface area contributed by atoms with E-state index < -0.39 is 24.4 Å². The fourth-order valence-electron chi connectivity index (χ4n) is 4.37. The Morgan fingerprint density at radius 2 is 1.27 bits per heavy atom. The maximum Gasteiger partial charge on any atom is 0.260 e. The third-order valence-corrected chi connectivity index (χ3v) is 6.21. The minimum absolute atomic E-state index is 0.00839. The number of hydrogen-bond donors (Lipinski definition) is 0. The Hall–Kier alpha value is -3.62. The number of nitrogens with zero attached hydrogens (tertiary/aromatic N) is 1. The summed E-state index contributed by atoms with van der Waals surface area (Å²) in [5, 5.41) is 0. The van der Waals surface area contributed by atoms with Crippen molar-refractivity contribution < 1.29 is 28.2 Å². The van der Waals surface area contributed by atoms with Crippen LogP contribution >= 0.6 is 0 Å². The van der Waals surface area contributed by atoms with Crippen LogP contribution in [-0.4, -0.2) is 36.2 Å². The SMILES string of the molecule is O=Cc1nc([C@@H]2O[C@H](COCc3ccccc3)[C@@H](OCc3ccccc3)[C@H]2OCc2ccccc2)co1. The molecule has 0 unspecified atom stereocenters. The molecule has 1 aliphatic rings. The van der Waals surface area contributed by atoms with Crippen LogP contribution in [0.4, 0.5) is 0 Å². The van der Waals surface area contributed by atoms with E-state index in [9.17, 15) is 4.79 Å². The average molecular weight is 500 g/mol. The van der Waals surface area contributed by atoms with Gasteiger partial charge in [0, 0.05) is 0 Å². The zero-order valence-electron chi connectivity index (χ0n) is 20.3. The van der Waals surface area contributed by atoms with Crippen molar-refractivity contribution in [2.75, 3.05) is 6.61 Å². The van der Waals surface area contributed by atoms with E-state index >= 15 is 0 Å². The van der Waals surface area contributed by atoms with Crippen LogP contribution in [0.25, 0.3) is 0 Å². The summed E-state index contributed by atoms with van der Waals surface area (Å²) in [6.07, 6.45) is 0.0541. The number of aromatic nitrogens is 1. The summed E-state index contributed by atoms with van der Waals surface area (Å²) in [6.45, 7) is 1.51. The van der Waals surface area contributed by atoms with Gasteiger partial charge < -0.3 is 23.4 Å². The number of oxazole rings is 1. The maximum atomic E-state index is 11.2. The lowest BCUT2D eigenvalue weighted by Gasteiger charge is -2.25. The molecule has 4 atom stereocenters. The maximum absolute atomic E-state index is 11.2. The van der Waals surface area contributed by atoms with Crippen molar-refractivity contribution in [1.29, 1.82) is 0 Å². The molecule has 1 aromatic heterocycles. The molecule has 1 aliphatic heterocycles. The molecule has 0 saturated carbocycles. The van der Waals surface area contributed by atoms with Gasteiger partial charge in [-0.1, -0.05) is 91.0 Å². The summed E-state index contributed by atoms with van der Waals surface area (Å²) in [4.78, 5) is 15.5. The number of rotatable bonds is 12. The Morgan fingerprint density at radius 1 is 0.730 bits per heavy atom. The highest BCUT2D eigenvalue weighted by Gasteiger charge is 2.48. The molecule has 1 saturated heterocycles. The van der Waals surface area contributed by atoms with Crippen LogP contribution in [0.2, 0.25) is 0 Å². The summed E-state index contributed by atoms with van der Waals surface area (Å²) in [7, 11) is 0. The van der Waals surface area contributed by atoms with Gasteiger partial charge in [0.1, 0.15) is 36.4 Å². The summed E-state index contributed by atoms with van der Waals surface area (Å²) >= 11 is 0. The average Bonchev–Trinajstić information content (AvgIpc) is 3.57. The lowest BCUT2D eigenvalue weighted by molar-refractivity contribution is -0.0898. The molecule has 190 valence electrons. The Labute approximate surface area is 216 Å². The van der Waals surface area contributed by atoms with Gasteiger partial charge in [-0.25, -0.2) is 4.98 Å². The monoisotopic (exact) mass is 499 g/mol. The van der Waals surface area contributed by atoms with Gasteiger partial charge in [0.15, 0.2) is 0 Å². The van der Waals surface area contributed by atoms with Gasteiger partial charge in [0.2, 0.25) is 6.29 Å². The van der Waals surface area contributed by atoms with Gasteiger partial charge in [0.25, 0.3) is 5.89 Å². The first-order valence-electron chi connectivity index (χ1n) is 12.3. The minimum Gasteiger partial charge on any atom is -0.442 e. The van der Waals surface area contributed by atoms with Crippen LogP contribution < -0.4 is 0 Å². The fraction of sp³-hybridized carbons (Fsp3) is 0.267. The standard InChI is InChI=1S/C30H29NO6/c32-16-27-31-25(20-34-27)28-30(36-19-24-14-8-3-9-15-24)29(35-18-23-12-6-2-7-13-23)26(37-28)21-33-17-22-10-4-1-5-11-22/h1-16,20,26,28-30H,17-19,21H2/t26-,28+,29-,30+/m1/s1. The van der Waals surface area contributed by atoms with Crippen molar-refractivity contribution >= 4 is 6.29 Å². The quantitative estimate of drug-likeness (QED) is 0.244. The Morgan fingerprint density at radius 3 is 1.81 bits per heavy atom. The Balaban J connectivity index is 1.37. The van der Waals surface area contributed by atoms with Crippen LogP contribution in [0.3, 0.4) is 0 Å². The topological polar surface area (TPSA) is 80.0 Å². The first-order valence-corrected chi connectivity index (χ1v) is 12.3. The predicted molar refractivity (Wildman–Crippen MR) is 136 cm³/mol. The fourth-order valence-corrected chi connectivity index (χ4v) is 4.37. The molecule has 7 heteroatoms. The second-order valence-electron chi connectivity index (χ2n) is 8.85. The highest BCUT2D eigenvalue weighted by Crippen LogP contribution is 2.38. The van der Waals surface area contributed by atoms with Crippen molar-refractivity contribution in [3.63, 3.8) is 0 Å². The van der Waals surface area contributed by atoms with E-state index in [4.69, 9.17) is 23.4 Å². The van der Waals surface area contributed by atoms with Crippen LogP contribution in [0.5, 0.6) is 0 Å². The van der Waals surface area contributed by atoms with Gasteiger partial charge in [-0.05, 0) is 16.7 Å². The van der Waals surface area contributed by atoms with Crippen molar-refractivity contribution in [1.82, 2.24) is 4.98 Å². The predicted octanol–water partition coefficient (Wildman–Crippen LogP) is 5.31. The van der Waals surface area contributed by atoms with Gasteiger partial charge in [-0.2, -0.15) is 0 Å². The van der Waals surface area contributed by atoms with E-state index in [1.807, 2.05) is 91.0 Å². The minimum atomic E-state index is -0.590. The van der Waals surface area contributed by atoms with Crippen molar-refractivity contribution in [2.45, 2.75) is 44.2 Å². The molecule has 1 fully saturated rings. The van der Waals surface area contributed by atoms with Crippen LogP contribution in [0, 0.1) is 0 Å². The highest BCUT2D eigenvalue weighted by molar-refractivity contribution is 5.67. The molecule has 7 nitrogen and oxygen atoms in total. The summed E-state index contributed by atoms with van der Waals surface area (Å²) < 4.78 is 30.6. The van der Waals surface area contributed by atoms with E-state index in [-0.39, 0.29) is 5.89 Å². The number of carbonyl (C=O) groups excluding carboxylic acids is 1. The molecule has 0 bridgehead atoms. The molecule has 0 radical (unpaired) electrons. The lowest BCUT2D eigenvalue weighted by atomic mass is 10.1. The number of carbonyl (C=O) groups is 1. The van der Waals surface area contributed by atoms with Crippen LogP contribution in [0.15, 0.2) is 102 Å². The van der Waals surface area contributed by atoms with E-state index in [2.05, 4.69) is 4.98 Å². The molecule has 0 N–H and O–H groups in total. The number of ether oxygens (including phenoxy) is 4. The van der Waals surface area contributed by atoms with Gasteiger partial charge >= 0.3 is 0 Å². The largest absolute Gasteiger partial charge is 0.442 e. The second kappa shape index (κ2) is 12.6. The van der Waals surface area contributed by atoms with Gasteiger partial charge in [-0.15, -0.1) is 0 Å². The highest BCUT2D eigenvalue weighted by atomic mass is 16.6. The smallest absolute Gasteiger partial charge is 0.260 e. The molecular weight excluding hydrogens is 470 g/mol.